The maximum atomic E-state index is 12.7. The highest BCUT2D eigenvalue weighted by atomic mass is 35.5. The molecule has 0 aliphatic rings. The van der Waals surface area contributed by atoms with Crippen LogP contribution in [0.1, 0.15) is 16.3 Å². The zero-order valence-electron chi connectivity index (χ0n) is 7.91. The third-order valence-electron chi connectivity index (χ3n) is 2.00. The molecule has 0 bridgehead atoms. The SMILES string of the molecule is Fc1ccc(Cc2nc(CCl)cs2)cc1. The van der Waals surface area contributed by atoms with E-state index in [4.69, 9.17) is 11.6 Å². The minimum absolute atomic E-state index is 0.209. The second-order valence-electron chi connectivity index (χ2n) is 3.17. The summed E-state index contributed by atoms with van der Waals surface area (Å²) in [5.41, 5.74) is 1.96. The Bertz CT molecular complexity index is 438. The average molecular weight is 242 g/mol. The number of alkyl halides is 1. The Kier molecular flexibility index (Phi) is 3.34. The first-order valence-corrected chi connectivity index (χ1v) is 5.93. The van der Waals surface area contributed by atoms with Crippen molar-refractivity contribution in [3.63, 3.8) is 0 Å². The zero-order chi connectivity index (χ0) is 10.7. The Labute approximate surface area is 96.5 Å². The molecule has 0 aliphatic carbocycles. The Morgan fingerprint density at radius 1 is 1.27 bits per heavy atom. The van der Waals surface area contributed by atoms with E-state index in [1.165, 1.54) is 12.1 Å². The maximum absolute atomic E-state index is 12.7. The molecule has 0 saturated heterocycles. The van der Waals surface area contributed by atoms with Gasteiger partial charge in [-0.05, 0) is 17.7 Å². The number of thiazole rings is 1. The Morgan fingerprint density at radius 2 is 2.00 bits per heavy atom. The van der Waals surface area contributed by atoms with Gasteiger partial charge >= 0.3 is 0 Å². The van der Waals surface area contributed by atoms with Gasteiger partial charge in [-0.2, -0.15) is 0 Å². The van der Waals surface area contributed by atoms with Crippen molar-refractivity contribution in [2.24, 2.45) is 0 Å². The van der Waals surface area contributed by atoms with E-state index in [1.54, 1.807) is 23.5 Å². The summed E-state index contributed by atoms with van der Waals surface area (Å²) in [4.78, 5) is 4.34. The normalized spacial score (nSPS) is 10.5. The first kappa shape index (κ1) is 10.6. The molecule has 0 radical (unpaired) electrons. The Balaban J connectivity index is 2.11. The molecule has 1 heterocycles. The van der Waals surface area contributed by atoms with Crippen LogP contribution >= 0.6 is 22.9 Å². The van der Waals surface area contributed by atoms with E-state index in [9.17, 15) is 4.39 Å². The molecule has 1 nitrogen and oxygen atoms in total. The first-order chi connectivity index (χ1) is 7.28. The summed E-state index contributed by atoms with van der Waals surface area (Å²) >= 11 is 7.24. The molecule has 0 atom stereocenters. The van der Waals surface area contributed by atoms with Gasteiger partial charge in [0.1, 0.15) is 5.82 Å². The summed E-state index contributed by atoms with van der Waals surface area (Å²) in [6.45, 7) is 0. The van der Waals surface area contributed by atoms with Gasteiger partial charge in [-0.15, -0.1) is 22.9 Å². The molecule has 0 aliphatic heterocycles. The Hall–Kier alpha value is -0.930. The van der Waals surface area contributed by atoms with Crippen molar-refractivity contribution >= 4 is 22.9 Å². The van der Waals surface area contributed by atoms with E-state index in [0.29, 0.717) is 5.88 Å². The van der Waals surface area contributed by atoms with Gasteiger partial charge in [0.25, 0.3) is 0 Å². The van der Waals surface area contributed by atoms with E-state index in [0.717, 1.165) is 22.7 Å². The van der Waals surface area contributed by atoms with Crippen molar-refractivity contribution in [2.45, 2.75) is 12.3 Å². The minimum Gasteiger partial charge on any atom is -0.245 e. The molecule has 2 aromatic rings. The molecule has 0 spiro atoms. The fraction of sp³-hybridized carbons (Fsp3) is 0.182. The van der Waals surface area contributed by atoms with E-state index >= 15 is 0 Å². The van der Waals surface area contributed by atoms with Crippen molar-refractivity contribution in [2.75, 3.05) is 0 Å². The highest BCUT2D eigenvalue weighted by Crippen LogP contribution is 2.16. The van der Waals surface area contributed by atoms with Crippen LogP contribution in [0.3, 0.4) is 0 Å². The van der Waals surface area contributed by atoms with Gasteiger partial charge in [0.2, 0.25) is 0 Å². The lowest BCUT2D eigenvalue weighted by Crippen LogP contribution is -1.88. The fourth-order valence-electron chi connectivity index (χ4n) is 1.27. The summed E-state index contributed by atoms with van der Waals surface area (Å²) in [5.74, 6) is 0.235. The molecule has 0 N–H and O–H groups in total. The summed E-state index contributed by atoms with van der Waals surface area (Å²) in [6.07, 6.45) is 0.738. The van der Waals surface area contributed by atoms with E-state index in [-0.39, 0.29) is 5.82 Å². The molecule has 1 aromatic heterocycles. The number of hydrogen-bond donors (Lipinski definition) is 0. The molecule has 0 unspecified atom stereocenters. The predicted molar refractivity (Wildman–Crippen MR) is 60.9 cm³/mol. The monoisotopic (exact) mass is 241 g/mol. The molecule has 2 rings (SSSR count). The van der Waals surface area contributed by atoms with Gasteiger partial charge in [0.05, 0.1) is 16.6 Å². The van der Waals surface area contributed by atoms with Crippen LogP contribution in [0, 0.1) is 5.82 Å². The van der Waals surface area contributed by atoms with Crippen molar-refractivity contribution in [3.8, 4) is 0 Å². The summed E-state index contributed by atoms with van der Waals surface area (Å²) in [5, 5.41) is 2.96. The smallest absolute Gasteiger partial charge is 0.123 e. The molecule has 1 aromatic carbocycles. The second-order valence-corrected chi connectivity index (χ2v) is 4.38. The number of halogens is 2. The fourth-order valence-corrected chi connectivity index (χ4v) is 2.32. The molecule has 0 saturated carbocycles. The number of aromatic nitrogens is 1. The number of hydrogen-bond acceptors (Lipinski definition) is 2. The molecule has 4 heteroatoms. The van der Waals surface area contributed by atoms with Crippen LogP contribution in [0.2, 0.25) is 0 Å². The van der Waals surface area contributed by atoms with Crippen molar-refractivity contribution < 1.29 is 4.39 Å². The second kappa shape index (κ2) is 4.73. The van der Waals surface area contributed by atoms with Gasteiger partial charge in [-0.3, -0.25) is 0 Å². The topological polar surface area (TPSA) is 12.9 Å². The van der Waals surface area contributed by atoms with Crippen LogP contribution in [-0.2, 0) is 12.3 Å². The van der Waals surface area contributed by atoms with E-state index in [2.05, 4.69) is 4.98 Å². The van der Waals surface area contributed by atoms with Crippen molar-refractivity contribution in [1.82, 2.24) is 4.98 Å². The van der Waals surface area contributed by atoms with Crippen molar-refractivity contribution in [1.29, 1.82) is 0 Å². The quantitative estimate of drug-likeness (QED) is 0.748. The van der Waals surface area contributed by atoms with Crippen LogP contribution < -0.4 is 0 Å². The molecule has 78 valence electrons. The molecule has 15 heavy (non-hydrogen) atoms. The number of nitrogens with zero attached hydrogens (tertiary/aromatic N) is 1. The number of rotatable bonds is 3. The van der Waals surface area contributed by atoms with Crippen LogP contribution in [0.15, 0.2) is 29.6 Å². The standard InChI is InChI=1S/C11H9ClFNS/c12-6-10-7-15-11(14-10)5-8-1-3-9(13)4-2-8/h1-4,7H,5-6H2. The van der Waals surface area contributed by atoms with Crippen molar-refractivity contribution in [3.05, 3.63) is 51.7 Å². The molecule has 0 amide bonds. The van der Waals surface area contributed by atoms with Gasteiger partial charge in [-0.1, -0.05) is 12.1 Å². The first-order valence-electron chi connectivity index (χ1n) is 4.51. The van der Waals surface area contributed by atoms with Gasteiger partial charge in [0, 0.05) is 11.8 Å². The molecule has 0 fully saturated rings. The predicted octanol–water partition coefficient (Wildman–Crippen LogP) is 3.61. The lowest BCUT2D eigenvalue weighted by molar-refractivity contribution is 0.627. The van der Waals surface area contributed by atoms with Crippen LogP contribution in [0.25, 0.3) is 0 Å². The minimum atomic E-state index is -0.209. The summed E-state index contributed by atoms with van der Waals surface area (Å²) in [7, 11) is 0. The zero-order valence-corrected chi connectivity index (χ0v) is 9.48. The lowest BCUT2D eigenvalue weighted by atomic mass is 10.1. The van der Waals surface area contributed by atoms with Crippen LogP contribution in [0.5, 0.6) is 0 Å². The third-order valence-corrected chi connectivity index (χ3v) is 3.18. The van der Waals surface area contributed by atoms with Gasteiger partial charge in [-0.25, -0.2) is 9.37 Å². The van der Waals surface area contributed by atoms with E-state index in [1.807, 2.05) is 5.38 Å². The lowest BCUT2D eigenvalue weighted by Gasteiger charge is -1.97. The van der Waals surface area contributed by atoms with Crippen LogP contribution in [0.4, 0.5) is 4.39 Å². The summed E-state index contributed by atoms with van der Waals surface area (Å²) in [6, 6.07) is 6.48. The summed E-state index contributed by atoms with van der Waals surface area (Å²) < 4.78 is 12.7. The van der Waals surface area contributed by atoms with E-state index < -0.39 is 0 Å². The highest BCUT2D eigenvalue weighted by Gasteiger charge is 2.02. The average Bonchev–Trinajstić information content (AvgIpc) is 2.69. The number of benzene rings is 1. The van der Waals surface area contributed by atoms with Gasteiger partial charge < -0.3 is 0 Å². The van der Waals surface area contributed by atoms with Gasteiger partial charge in [0.15, 0.2) is 0 Å². The molecular weight excluding hydrogens is 233 g/mol. The molecular formula is C11H9ClFNS. The third kappa shape index (κ3) is 2.76. The Morgan fingerprint density at radius 3 is 2.60 bits per heavy atom. The van der Waals surface area contributed by atoms with Crippen LogP contribution in [-0.4, -0.2) is 4.98 Å². The highest BCUT2D eigenvalue weighted by molar-refractivity contribution is 7.09. The maximum Gasteiger partial charge on any atom is 0.123 e. The largest absolute Gasteiger partial charge is 0.245 e.